The van der Waals surface area contributed by atoms with Gasteiger partial charge in [0.25, 0.3) is 0 Å². The minimum Gasteiger partial charge on any atom is -0.462 e. The van der Waals surface area contributed by atoms with Gasteiger partial charge in [-0.1, -0.05) is 41.7 Å². The van der Waals surface area contributed by atoms with Gasteiger partial charge in [-0.2, -0.15) is 0 Å². The Bertz CT molecular complexity index is 1850. The number of nitrogens with one attached hydrogen (secondary N) is 1. The SMILES string of the molecule is CCOC(=O)c1ccc(N2C(=O)C3C(C2=O)[C@@H]2C[C@H]3C3Sc4[nH]c(=O)sc4C(c4cccc(Oc5ccccc5)c4)C32)cc1. The molecule has 222 valence electrons. The number of ether oxygens (including phenoxy) is 2. The average molecular weight is 625 g/mol. The summed E-state index contributed by atoms with van der Waals surface area (Å²) in [5, 5.41) is 0.957. The number of carbonyl (C=O) groups is 3. The molecule has 8 nitrogen and oxygen atoms in total. The van der Waals surface area contributed by atoms with Gasteiger partial charge in [-0.3, -0.25) is 19.3 Å². The van der Waals surface area contributed by atoms with E-state index < -0.39 is 17.8 Å². The van der Waals surface area contributed by atoms with Crippen LogP contribution in [0, 0.1) is 29.6 Å². The Morgan fingerprint density at radius 1 is 0.909 bits per heavy atom. The summed E-state index contributed by atoms with van der Waals surface area (Å²) >= 11 is 2.90. The Hall–Kier alpha value is -4.15. The van der Waals surface area contributed by atoms with Crippen molar-refractivity contribution in [2.24, 2.45) is 29.6 Å². The predicted molar refractivity (Wildman–Crippen MR) is 166 cm³/mol. The maximum absolute atomic E-state index is 14.1. The van der Waals surface area contributed by atoms with Crippen LogP contribution < -0.4 is 14.5 Å². The maximum Gasteiger partial charge on any atom is 0.338 e. The molecule has 10 heteroatoms. The fourth-order valence-electron chi connectivity index (χ4n) is 8.00. The molecule has 2 bridgehead atoms. The number of aromatic amines is 1. The number of thioether (sulfide) groups is 1. The molecule has 3 heterocycles. The van der Waals surface area contributed by atoms with Crippen molar-refractivity contribution >= 4 is 46.6 Å². The van der Waals surface area contributed by atoms with Gasteiger partial charge in [-0.05, 0) is 85.2 Å². The third-order valence-electron chi connectivity index (χ3n) is 9.56. The summed E-state index contributed by atoms with van der Waals surface area (Å²) in [6, 6.07) is 24.1. The Morgan fingerprint density at radius 3 is 2.39 bits per heavy atom. The summed E-state index contributed by atoms with van der Waals surface area (Å²) in [5.74, 6) is -0.155. The summed E-state index contributed by atoms with van der Waals surface area (Å²) in [5.41, 5.74) is 1.89. The standard InChI is InChI=1S/C34H28N2O6S2/c1-2-41-33(39)17-11-13-19(14-12-17)36-31(37)26-22-16-23(27(26)32(36)38)28-25(22)24(29-30(43-28)35-34(40)44-29)18-7-6-10-21(15-18)42-20-8-4-3-5-9-20/h3-15,22-28H,2,16H2,1H3,(H,35,40)/t22-,23-,24?,25?,26?,27?,28?/m1/s1. The first-order valence-corrected chi connectivity index (χ1v) is 16.5. The second kappa shape index (κ2) is 10.5. The number of carbonyl (C=O) groups excluding carboxylic acids is 3. The third-order valence-corrected chi connectivity index (χ3v) is 12.1. The van der Waals surface area contributed by atoms with Crippen molar-refractivity contribution in [3.63, 3.8) is 0 Å². The fourth-order valence-corrected chi connectivity index (χ4v) is 10.9. The zero-order chi connectivity index (χ0) is 30.1. The third kappa shape index (κ3) is 4.18. The minimum absolute atomic E-state index is 0.00296. The van der Waals surface area contributed by atoms with E-state index in [9.17, 15) is 19.2 Å². The number of benzene rings is 3. The molecule has 2 amide bonds. The lowest BCUT2D eigenvalue weighted by atomic mass is 9.68. The minimum atomic E-state index is -0.441. The van der Waals surface area contributed by atoms with E-state index in [1.165, 1.54) is 16.2 Å². The molecule has 5 unspecified atom stereocenters. The van der Waals surface area contributed by atoms with E-state index in [1.54, 1.807) is 43.0 Å². The molecular weight excluding hydrogens is 597 g/mol. The van der Waals surface area contributed by atoms with Gasteiger partial charge in [0.15, 0.2) is 0 Å². The fraction of sp³-hybridized carbons (Fsp3) is 0.294. The van der Waals surface area contributed by atoms with Gasteiger partial charge in [0.05, 0.1) is 34.7 Å². The summed E-state index contributed by atoms with van der Waals surface area (Å²) < 4.78 is 11.3. The van der Waals surface area contributed by atoms with Gasteiger partial charge in [-0.25, -0.2) is 4.79 Å². The van der Waals surface area contributed by atoms with Crippen molar-refractivity contribution in [1.29, 1.82) is 0 Å². The molecule has 1 N–H and O–H groups in total. The molecule has 3 fully saturated rings. The molecule has 2 aliphatic carbocycles. The maximum atomic E-state index is 14.1. The van der Waals surface area contributed by atoms with Crippen molar-refractivity contribution in [3.8, 4) is 11.5 Å². The van der Waals surface area contributed by atoms with Crippen LogP contribution in [0.3, 0.4) is 0 Å². The number of hydrogen-bond donors (Lipinski definition) is 1. The lowest BCUT2D eigenvalue weighted by molar-refractivity contribution is -0.123. The van der Waals surface area contributed by atoms with E-state index >= 15 is 0 Å². The Balaban J connectivity index is 1.14. The number of nitrogens with zero attached hydrogens (tertiary/aromatic N) is 1. The summed E-state index contributed by atoms with van der Waals surface area (Å²) in [6.45, 7) is 2.01. The van der Waals surface area contributed by atoms with Gasteiger partial charge < -0.3 is 14.5 Å². The number of rotatable bonds is 6. The van der Waals surface area contributed by atoms with Crippen molar-refractivity contribution in [3.05, 3.63) is 105 Å². The summed E-state index contributed by atoms with van der Waals surface area (Å²) in [4.78, 5) is 58.1. The lowest BCUT2D eigenvalue weighted by Crippen LogP contribution is -2.42. The van der Waals surface area contributed by atoms with E-state index in [2.05, 4.69) is 11.1 Å². The molecule has 4 aliphatic rings. The highest BCUT2D eigenvalue weighted by molar-refractivity contribution is 8.00. The van der Waals surface area contributed by atoms with E-state index in [1.807, 2.05) is 48.5 Å². The van der Waals surface area contributed by atoms with Crippen LogP contribution in [0.1, 0.15) is 40.1 Å². The molecule has 7 atom stereocenters. The number of esters is 1. The van der Waals surface area contributed by atoms with Crippen LogP contribution >= 0.6 is 23.1 Å². The molecule has 2 saturated carbocycles. The van der Waals surface area contributed by atoms with Crippen LogP contribution in [0.2, 0.25) is 0 Å². The highest BCUT2D eigenvalue weighted by Crippen LogP contribution is 2.68. The molecule has 4 aromatic rings. The zero-order valence-electron chi connectivity index (χ0n) is 23.7. The Labute approximate surface area is 261 Å². The Kier molecular flexibility index (Phi) is 6.53. The molecule has 8 rings (SSSR count). The van der Waals surface area contributed by atoms with Crippen LogP contribution in [0.25, 0.3) is 0 Å². The number of H-pyrrole nitrogens is 1. The first kappa shape index (κ1) is 27.4. The van der Waals surface area contributed by atoms with E-state index in [0.717, 1.165) is 27.6 Å². The van der Waals surface area contributed by atoms with Crippen molar-refractivity contribution in [2.45, 2.75) is 29.5 Å². The summed E-state index contributed by atoms with van der Waals surface area (Å²) in [7, 11) is 0. The number of aromatic nitrogens is 1. The number of fused-ring (bicyclic) bond motifs is 9. The molecule has 1 aromatic heterocycles. The highest BCUT2D eigenvalue weighted by atomic mass is 32.2. The molecule has 0 radical (unpaired) electrons. The molecule has 3 aromatic carbocycles. The second-order valence-electron chi connectivity index (χ2n) is 11.7. The number of hydrogen-bond acceptors (Lipinski definition) is 8. The molecular formula is C34H28N2O6S2. The quantitative estimate of drug-likeness (QED) is 0.205. The second-order valence-corrected chi connectivity index (χ2v) is 13.9. The summed E-state index contributed by atoms with van der Waals surface area (Å²) in [6.07, 6.45) is 0.806. The molecule has 1 saturated heterocycles. The van der Waals surface area contributed by atoms with Gasteiger partial charge in [0, 0.05) is 16.0 Å². The van der Waals surface area contributed by atoms with Crippen LogP contribution in [0.4, 0.5) is 5.69 Å². The first-order chi connectivity index (χ1) is 21.4. The van der Waals surface area contributed by atoms with Gasteiger partial charge in [0.1, 0.15) is 11.5 Å². The molecule has 2 aliphatic heterocycles. The molecule has 44 heavy (non-hydrogen) atoms. The average Bonchev–Trinajstić information content (AvgIpc) is 3.77. The molecule has 0 spiro atoms. The largest absolute Gasteiger partial charge is 0.462 e. The number of thiazole rings is 1. The van der Waals surface area contributed by atoms with E-state index in [4.69, 9.17) is 9.47 Å². The number of anilines is 1. The monoisotopic (exact) mass is 624 g/mol. The van der Waals surface area contributed by atoms with E-state index in [0.29, 0.717) is 17.0 Å². The Morgan fingerprint density at radius 2 is 1.64 bits per heavy atom. The smallest absolute Gasteiger partial charge is 0.338 e. The zero-order valence-corrected chi connectivity index (χ0v) is 25.3. The number of imide groups is 1. The van der Waals surface area contributed by atoms with Gasteiger partial charge in [0.2, 0.25) is 11.8 Å². The number of amides is 2. The topological polar surface area (TPSA) is 106 Å². The predicted octanol–water partition coefficient (Wildman–Crippen LogP) is 6.08. The number of para-hydroxylation sites is 1. The van der Waals surface area contributed by atoms with Gasteiger partial charge >= 0.3 is 10.8 Å². The first-order valence-electron chi connectivity index (χ1n) is 14.8. The normalized spacial score (nSPS) is 28.0. The van der Waals surface area contributed by atoms with Crippen LogP contribution in [0.5, 0.6) is 11.5 Å². The van der Waals surface area contributed by atoms with Crippen molar-refractivity contribution in [1.82, 2.24) is 4.98 Å². The van der Waals surface area contributed by atoms with Crippen LogP contribution in [-0.4, -0.2) is 34.6 Å². The van der Waals surface area contributed by atoms with Crippen LogP contribution in [-0.2, 0) is 14.3 Å². The van der Waals surface area contributed by atoms with E-state index in [-0.39, 0.29) is 52.2 Å². The van der Waals surface area contributed by atoms with Crippen molar-refractivity contribution < 1.29 is 23.9 Å². The van der Waals surface area contributed by atoms with Crippen molar-refractivity contribution in [2.75, 3.05) is 11.5 Å². The van der Waals surface area contributed by atoms with Gasteiger partial charge in [-0.15, -0.1) is 11.8 Å². The lowest BCUT2D eigenvalue weighted by Gasteiger charge is -2.43. The van der Waals surface area contributed by atoms with Crippen LogP contribution in [0.15, 0.2) is 88.7 Å². The highest BCUT2D eigenvalue weighted by Gasteiger charge is 2.69.